The molecule has 20 heavy (non-hydrogen) atoms. The summed E-state index contributed by atoms with van der Waals surface area (Å²) >= 11 is 0. The van der Waals surface area contributed by atoms with Crippen LogP contribution in [-0.4, -0.2) is 48.7 Å². The molecule has 4 nitrogen and oxygen atoms in total. The zero-order valence-corrected chi connectivity index (χ0v) is 13.6. The molecule has 3 N–H and O–H groups in total. The highest BCUT2D eigenvalue weighted by Crippen LogP contribution is 2.12. The molecule has 0 radical (unpaired) electrons. The lowest BCUT2D eigenvalue weighted by Crippen LogP contribution is -2.36. The summed E-state index contributed by atoms with van der Waals surface area (Å²) in [7, 11) is 0. The normalized spacial score (nSPS) is 16.1. The van der Waals surface area contributed by atoms with Crippen LogP contribution in [-0.2, 0) is 4.74 Å². The van der Waals surface area contributed by atoms with E-state index in [2.05, 4.69) is 26.1 Å². The number of aliphatic hydroxyl groups is 2. The van der Waals surface area contributed by atoms with Gasteiger partial charge in [-0.2, -0.15) is 0 Å². The molecule has 0 heterocycles. The maximum absolute atomic E-state index is 9.85. The van der Waals surface area contributed by atoms with E-state index < -0.39 is 6.10 Å². The molecule has 0 spiro atoms. The van der Waals surface area contributed by atoms with Crippen LogP contribution < -0.4 is 5.32 Å². The highest BCUT2D eigenvalue weighted by atomic mass is 16.5. The molecule has 0 fully saturated rings. The molecule has 0 aromatic rings. The van der Waals surface area contributed by atoms with Crippen molar-refractivity contribution in [1.29, 1.82) is 0 Å². The molecule has 0 amide bonds. The van der Waals surface area contributed by atoms with Gasteiger partial charge in [-0.25, -0.2) is 0 Å². The summed E-state index contributed by atoms with van der Waals surface area (Å²) in [5.41, 5.74) is 0. The van der Waals surface area contributed by atoms with Gasteiger partial charge < -0.3 is 20.3 Å². The van der Waals surface area contributed by atoms with Gasteiger partial charge in [0.1, 0.15) is 0 Å². The minimum atomic E-state index is -0.449. The maximum Gasteiger partial charge on any atom is 0.0897 e. The molecule has 0 aromatic carbocycles. The van der Waals surface area contributed by atoms with Gasteiger partial charge in [-0.05, 0) is 32.1 Å². The van der Waals surface area contributed by atoms with Gasteiger partial charge in [-0.15, -0.1) is 0 Å². The molecule has 0 aliphatic rings. The van der Waals surface area contributed by atoms with Crippen molar-refractivity contribution < 1.29 is 14.9 Å². The second-order valence-corrected chi connectivity index (χ2v) is 5.78. The van der Waals surface area contributed by atoms with Gasteiger partial charge in [0.15, 0.2) is 0 Å². The Balaban J connectivity index is 3.58. The first kappa shape index (κ1) is 19.8. The summed E-state index contributed by atoms with van der Waals surface area (Å²) < 4.78 is 5.63. The fourth-order valence-corrected chi connectivity index (χ4v) is 2.16. The number of unbranched alkanes of at least 4 members (excludes halogenated alkanes) is 1. The number of aliphatic hydroxyl groups excluding tert-OH is 2. The Labute approximate surface area is 124 Å². The minimum Gasteiger partial charge on any atom is -0.396 e. The third kappa shape index (κ3) is 11.6. The zero-order chi connectivity index (χ0) is 15.2. The maximum atomic E-state index is 9.85. The summed E-state index contributed by atoms with van der Waals surface area (Å²) in [4.78, 5) is 0. The Morgan fingerprint density at radius 3 is 2.45 bits per heavy atom. The molecule has 0 aliphatic heterocycles. The van der Waals surface area contributed by atoms with Crippen molar-refractivity contribution in [1.82, 2.24) is 5.32 Å². The predicted octanol–water partition coefficient (Wildman–Crippen LogP) is 2.33. The van der Waals surface area contributed by atoms with Crippen LogP contribution in [0.4, 0.5) is 0 Å². The van der Waals surface area contributed by atoms with Crippen molar-refractivity contribution in [3.63, 3.8) is 0 Å². The van der Waals surface area contributed by atoms with Crippen LogP contribution in [0.25, 0.3) is 0 Å². The van der Waals surface area contributed by atoms with E-state index >= 15 is 0 Å². The van der Waals surface area contributed by atoms with Gasteiger partial charge in [0, 0.05) is 25.8 Å². The smallest absolute Gasteiger partial charge is 0.0897 e. The second kappa shape index (κ2) is 13.8. The number of hydrogen-bond acceptors (Lipinski definition) is 4. The SMILES string of the molecule is CCCCC(CC)COCC(O)CNC(C)CCCO. The lowest BCUT2D eigenvalue weighted by atomic mass is 10.0. The van der Waals surface area contributed by atoms with Crippen LogP contribution in [0.1, 0.15) is 59.3 Å². The first-order chi connectivity index (χ1) is 9.63. The molecule has 122 valence electrons. The van der Waals surface area contributed by atoms with Crippen molar-refractivity contribution in [3.05, 3.63) is 0 Å². The van der Waals surface area contributed by atoms with E-state index in [1.165, 1.54) is 19.3 Å². The first-order valence-electron chi connectivity index (χ1n) is 8.24. The molecule has 0 aromatic heterocycles. The van der Waals surface area contributed by atoms with Crippen molar-refractivity contribution in [2.24, 2.45) is 5.92 Å². The summed E-state index contributed by atoms with van der Waals surface area (Å²) in [5, 5.41) is 21.9. The van der Waals surface area contributed by atoms with Crippen LogP contribution in [0.2, 0.25) is 0 Å². The van der Waals surface area contributed by atoms with Gasteiger partial charge >= 0.3 is 0 Å². The Morgan fingerprint density at radius 2 is 1.85 bits per heavy atom. The van der Waals surface area contributed by atoms with Gasteiger partial charge in [0.2, 0.25) is 0 Å². The summed E-state index contributed by atoms with van der Waals surface area (Å²) in [5.74, 6) is 0.624. The average molecular weight is 289 g/mol. The van der Waals surface area contributed by atoms with Crippen molar-refractivity contribution >= 4 is 0 Å². The Bertz CT molecular complexity index is 202. The van der Waals surface area contributed by atoms with Gasteiger partial charge in [-0.1, -0.05) is 33.1 Å². The Kier molecular flexibility index (Phi) is 13.7. The van der Waals surface area contributed by atoms with Crippen LogP contribution in [0, 0.1) is 5.92 Å². The van der Waals surface area contributed by atoms with Crippen molar-refractivity contribution in [2.45, 2.75) is 71.4 Å². The predicted molar refractivity (Wildman–Crippen MR) is 83.9 cm³/mol. The highest BCUT2D eigenvalue weighted by Gasteiger charge is 2.10. The van der Waals surface area contributed by atoms with E-state index in [0.717, 1.165) is 25.9 Å². The van der Waals surface area contributed by atoms with E-state index in [4.69, 9.17) is 9.84 Å². The number of rotatable bonds is 14. The molecule has 3 unspecified atom stereocenters. The number of hydrogen-bond donors (Lipinski definition) is 3. The van der Waals surface area contributed by atoms with Gasteiger partial charge in [-0.3, -0.25) is 0 Å². The molecule has 0 saturated heterocycles. The molecule has 0 aliphatic carbocycles. The summed E-state index contributed by atoms with van der Waals surface area (Å²) in [6, 6.07) is 0.324. The van der Waals surface area contributed by atoms with Crippen molar-refractivity contribution in [3.8, 4) is 0 Å². The van der Waals surface area contributed by atoms with E-state index in [-0.39, 0.29) is 6.61 Å². The quantitative estimate of drug-likeness (QED) is 0.459. The van der Waals surface area contributed by atoms with E-state index in [0.29, 0.717) is 25.1 Å². The third-order valence-electron chi connectivity index (χ3n) is 3.70. The standard InChI is InChI=1S/C16H35NO3/c1-4-6-9-15(5-2)12-20-13-16(19)11-17-14(3)8-7-10-18/h14-19H,4-13H2,1-3H3. The van der Waals surface area contributed by atoms with Crippen LogP contribution in [0.3, 0.4) is 0 Å². The topological polar surface area (TPSA) is 61.7 Å². The Hall–Kier alpha value is -0.160. The highest BCUT2D eigenvalue weighted by molar-refractivity contribution is 4.65. The number of ether oxygens (including phenoxy) is 1. The zero-order valence-electron chi connectivity index (χ0n) is 13.6. The van der Waals surface area contributed by atoms with E-state index in [1.807, 2.05) is 0 Å². The fraction of sp³-hybridized carbons (Fsp3) is 1.00. The monoisotopic (exact) mass is 289 g/mol. The first-order valence-corrected chi connectivity index (χ1v) is 8.24. The van der Waals surface area contributed by atoms with Crippen molar-refractivity contribution in [2.75, 3.05) is 26.4 Å². The average Bonchev–Trinajstić information content (AvgIpc) is 2.46. The summed E-state index contributed by atoms with van der Waals surface area (Å²) in [6.45, 7) is 8.43. The summed E-state index contributed by atoms with van der Waals surface area (Å²) in [6.07, 6.45) is 6.14. The van der Waals surface area contributed by atoms with Crippen LogP contribution >= 0.6 is 0 Å². The minimum absolute atomic E-state index is 0.230. The Morgan fingerprint density at radius 1 is 1.10 bits per heavy atom. The fourth-order valence-electron chi connectivity index (χ4n) is 2.16. The number of nitrogens with one attached hydrogen (secondary N) is 1. The molecular weight excluding hydrogens is 254 g/mol. The van der Waals surface area contributed by atoms with Crippen LogP contribution in [0.5, 0.6) is 0 Å². The molecule has 0 saturated carbocycles. The molecule has 4 heteroatoms. The molecule has 3 atom stereocenters. The van der Waals surface area contributed by atoms with E-state index in [9.17, 15) is 5.11 Å². The largest absolute Gasteiger partial charge is 0.396 e. The third-order valence-corrected chi connectivity index (χ3v) is 3.70. The lowest BCUT2D eigenvalue weighted by molar-refractivity contribution is 0.0183. The second-order valence-electron chi connectivity index (χ2n) is 5.78. The van der Waals surface area contributed by atoms with E-state index in [1.54, 1.807) is 0 Å². The molecular formula is C16H35NO3. The van der Waals surface area contributed by atoms with Crippen LogP contribution in [0.15, 0.2) is 0 Å². The molecule has 0 bridgehead atoms. The lowest BCUT2D eigenvalue weighted by Gasteiger charge is -2.19. The van der Waals surface area contributed by atoms with Gasteiger partial charge in [0.25, 0.3) is 0 Å². The van der Waals surface area contributed by atoms with Gasteiger partial charge in [0.05, 0.1) is 12.7 Å². The molecule has 0 rings (SSSR count).